The Labute approximate surface area is 108 Å². The van der Waals surface area contributed by atoms with Crippen LogP contribution in [0.15, 0.2) is 11.2 Å². The van der Waals surface area contributed by atoms with Crippen molar-refractivity contribution in [1.82, 2.24) is 15.6 Å². The maximum atomic E-state index is 4.49. The van der Waals surface area contributed by atoms with Crippen LogP contribution >= 0.6 is 11.3 Å². The van der Waals surface area contributed by atoms with E-state index in [1.54, 1.807) is 11.3 Å². The third-order valence-electron chi connectivity index (χ3n) is 2.23. The summed E-state index contributed by atoms with van der Waals surface area (Å²) in [6.07, 6.45) is 3.96. The molecule has 0 bridgehead atoms. The first-order chi connectivity index (χ1) is 8.30. The zero-order chi connectivity index (χ0) is 12.5. The Balaban J connectivity index is 2.40. The molecule has 1 aromatic heterocycles. The minimum atomic E-state index is 0.784. The molecule has 0 unspecified atom stereocenters. The second kappa shape index (κ2) is 8.06. The van der Waals surface area contributed by atoms with Gasteiger partial charge in [-0.15, -0.1) is 11.3 Å². The van der Waals surface area contributed by atoms with Gasteiger partial charge in [0.05, 0.1) is 5.01 Å². The Morgan fingerprint density at radius 1 is 1.29 bits per heavy atom. The molecule has 0 aromatic carbocycles. The Morgan fingerprint density at radius 3 is 2.53 bits per heavy atom. The minimum absolute atomic E-state index is 0.784. The molecule has 4 nitrogen and oxygen atoms in total. The number of aryl methyl sites for hydroxylation is 1. The van der Waals surface area contributed by atoms with Crippen LogP contribution in [0.4, 0.5) is 0 Å². The van der Waals surface area contributed by atoms with Gasteiger partial charge in [0.1, 0.15) is 0 Å². The fourth-order valence-electron chi connectivity index (χ4n) is 1.40. The molecule has 0 aliphatic rings. The fourth-order valence-corrected chi connectivity index (χ4v) is 2.25. The molecule has 2 N–H and O–H groups in total. The summed E-state index contributed by atoms with van der Waals surface area (Å²) >= 11 is 1.79. The van der Waals surface area contributed by atoms with Gasteiger partial charge < -0.3 is 10.6 Å². The SMILES string of the molecule is CCNC(=NCCc1ncc(CC)s1)NCC. The standard InChI is InChI=1S/C12H22N4S/c1-4-10-9-16-11(17-10)7-8-15-12(13-5-2)14-6-3/h9H,4-8H2,1-3H3,(H2,13,14,15). The van der Waals surface area contributed by atoms with E-state index in [0.29, 0.717) is 0 Å². The molecule has 5 heteroatoms. The molecular weight excluding hydrogens is 232 g/mol. The van der Waals surface area contributed by atoms with E-state index in [1.165, 1.54) is 9.88 Å². The number of rotatable bonds is 6. The van der Waals surface area contributed by atoms with Crippen LogP contribution in [0, 0.1) is 0 Å². The number of thiazole rings is 1. The Morgan fingerprint density at radius 2 is 2.00 bits per heavy atom. The molecule has 1 rings (SSSR count). The summed E-state index contributed by atoms with van der Waals surface area (Å²) in [6.45, 7) is 8.87. The van der Waals surface area contributed by atoms with E-state index in [4.69, 9.17) is 0 Å². The van der Waals surface area contributed by atoms with Crippen molar-refractivity contribution in [2.45, 2.75) is 33.6 Å². The molecule has 0 aliphatic heterocycles. The average Bonchev–Trinajstić information content (AvgIpc) is 2.77. The number of nitrogens with zero attached hydrogens (tertiary/aromatic N) is 2. The van der Waals surface area contributed by atoms with Crippen molar-refractivity contribution >= 4 is 17.3 Å². The maximum absolute atomic E-state index is 4.49. The lowest BCUT2D eigenvalue weighted by Gasteiger charge is -2.08. The van der Waals surface area contributed by atoms with Gasteiger partial charge in [-0.3, -0.25) is 4.99 Å². The topological polar surface area (TPSA) is 49.3 Å². The van der Waals surface area contributed by atoms with Crippen LogP contribution in [0.2, 0.25) is 0 Å². The van der Waals surface area contributed by atoms with Crippen LogP contribution in [0.25, 0.3) is 0 Å². The van der Waals surface area contributed by atoms with E-state index in [0.717, 1.165) is 38.4 Å². The summed E-state index contributed by atoms with van der Waals surface area (Å²) in [6, 6.07) is 0. The Bertz CT molecular complexity index is 338. The average molecular weight is 254 g/mol. The first-order valence-electron chi connectivity index (χ1n) is 6.25. The van der Waals surface area contributed by atoms with Crippen molar-refractivity contribution in [3.63, 3.8) is 0 Å². The highest BCUT2D eigenvalue weighted by atomic mass is 32.1. The summed E-state index contributed by atoms with van der Waals surface area (Å²) in [4.78, 5) is 10.2. The van der Waals surface area contributed by atoms with Crippen LogP contribution in [0.1, 0.15) is 30.7 Å². The monoisotopic (exact) mass is 254 g/mol. The van der Waals surface area contributed by atoms with Crippen molar-refractivity contribution in [2.75, 3.05) is 19.6 Å². The van der Waals surface area contributed by atoms with Gasteiger partial charge in [0.2, 0.25) is 0 Å². The molecule has 0 spiro atoms. The number of aromatic nitrogens is 1. The number of hydrogen-bond donors (Lipinski definition) is 2. The van der Waals surface area contributed by atoms with Gasteiger partial charge in [-0.1, -0.05) is 6.92 Å². The van der Waals surface area contributed by atoms with E-state index in [2.05, 4.69) is 41.4 Å². The van der Waals surface area contributed by atoms with Gasteiger partial charge in [-0.25, -0.2) is 4.98 Å². The van der Waals surface area contributed by atoms with Gasteiger partial charge in [-0.05, 0) is 20.3 Å². The number of hydrogen-bond acceptors (Lipinski definition) is 3. The van der Waals surface area contributed by atoms with Gasteiger partial charge >= 0.3 is 0 Å². The molecule has 0 fully saturated rings. The third-order valence-corrected chi connectivity index (χ3v) is 3.44. The Hall–Kier alpha value is -1.10. The van der Waals surface area contributed by atoms with Crippen LogP contribution in [0.5, 0.6) is 0 Å². The predicted molar refractivity (Wildman–Crippen MR) is 74.9 cm³/mol. The summed E-state index contributed by atoms with van der Waals surface area (Å²) in [7, 11) is 0. The molecule has 0 amide bonds. The second-order valence-electron chi connectivity index (χ2n) is 3.61. The lowest BCUT2D eigenvalue weighted by molar-refractivity contribution is 0.832. The number of nitrogens with one attached hydrogen (secondary N) is 2. The second-order valence-corrected chi connectivity index (χ2v) is 4.81. The summed E-state index contributed by atoms with van der Waals surface area (Å²) in [5, 5.41) is 7.59. The third kappa shape index (κ3) is 5.17. The van der Waals surface area contributed by atoms with Crippen molar-refractivity contribution in [3.05, 3.63) is 16.1 Å². The van der Waals surface area contributed by atoms with Gasteiger partial charge in [0.15, 0.2) is 5.96 Å². The van der Waals surface area contributed by atoms with Crippen LogP contribution < -0.4 is 10.6 Å². The van der Waals surface area contributed by atoms with Gasteiger partial charge in [0.25, 0.3) is 0 Å². The lowest BCUT2D eigenvalue weighted by Crippen LogP contribution is -2.37. The van der Waals surface area contributed by atoms with Crippen molar-refractivity contribution in [2.24, 2.45) is 4.99 Å². The summed E-state index contributed by atoms with van der Waals surface area (Å²) in [5.74, 6) is 0.891. The fraction of sp³-hybridized carbons (Fsp3) is 0.667. The number of guanidine groups is 1. The highest BCUT2D eigenvalue weighted by Crippen LogP contribution is 2.13. The normalized spacial score (nSPS) is 10.1. The Kier molecular flexibility index (Phi) is 6.62. The molecule has 17 heavy (non-hydrogen) atoms. The van der Waals surface area contributed by atoms with E-state index in [1.807, 2.05) is 6.20 Å². The first-order valence-corrected chi connectivity index (χ1v) is 7.07. The lowest BCUT2D eigenvalue weighted by atomic mass is 10.4. The molecule has 0 saturated carbocycles. The molecule has 0 saturated heterocycles. The van der Waals surface area contributed by atoms with Gasteiger partial charge in [-0.2, -0.15) is 0 Å². The molecule has 1 heterocycles. The highest BCUT2D eigenvalue weighted by Gasteiger charge is 2.00. The van der Waals surface area contributed by atoms with E-state index in [9.17, 15) is 0 Å². The van der Waals surface area contributed by atoms with Crippen molar-refractivity contribution in [3.8, 4) is 0 Å². The summed E-state index contributed by atoms with van der Waals surface area (Å²) in [5.41, 5.74) is 0. The smallest absolute Gasteiger partial charge is 0.191 e. The zero-order valence-corrected chi connectivity index (χ0v) is 11.7. The molecule has 0 radical (unpaired) electrons. The molecular formula is C12H22N4S. The largest absolute Gasteiger partial charge is 0.357 e. The van der Waals surface area contributed by atoms with E-state index < -0.39 is 0 Å². The van der Waals surface area contributed by atoms with E-state index >= 15 is 0 Å². The predicted octanol–water partition coefficient (Wildman–Crippen LogP) is 1.82. The van der Waals surface area contributed by atoms with E-state index in [-0.39, 0.29) is 0 Å². The first kappa shape index (κ1) is 14.0. The maximum Gasteiger partial charge on any atom is 0.191 e. The zero-order valence-electron chi connectivity index (χ0n) is 10.9. The molecule has 1 aromatic rings. The highest BCUT2D eigenvalue weighted by molar-refractivity contribution is 7.11. The van der Waals surface area contributed by atoms with Gasteiger partial charge in [0, 0.05) is 37.1 Å². The minimum Gasteiger partial charge on any atom is -0.357 e. The molecule has 0 aliphatic carbocycles. The quantitative estimate of drug-likeness (QED) is 0.601. The van der Waals surface area contributed by atoms with Crippen LogP contribution in [0.3, 0.4) is 0 Å². The summed E-state index contributed by atoms with van der Waals surface area (Å²) < 4.78 is 0. The number of aliphatic imine (C=N–C) groups is 1. The van der Waals surface area contributed by atoms with Crippen molar-refractivity contribution in [1.29, 1.82) is 0 Å². The molecule has 96 valence electrons. The van der Waals surface area contributed by atoms with Crippen LogP contribution in [-0.2, 0) is 12.8 Å². The van der Waals surface area contributed by atoms with Crippen molar-refractivity contribution < 1.29 is 0 Å². The van der Waals surface area contributed by atoms with Crippen LogP contribution in [-0.4, -0.2) is 30.6 Å². The molecule has 0 atom stereocenters.